The molecule has 0 aliphatic rings. The summed E-state index contributed by atoms with van der Waals surface area (Å²) in [4.78, 5) is 13.7. The molecule has 0 heterocycles. The summed E-state index contributed by atoms with van der Waals surface area (Å²) in [6.45, 7) is 5.81. The van der Waals surface area contributed by atoms with Crippen molar-refractivity contribution in [3.63, 3.8) is 0 Å². The van der Waals surface area contributed by atoms with Gasteiger partial charge in [0, 0.05) is 13.0 Å². The summed E-state index contributed by atoms with van der Waals surface area (Å²) in [5, 5.41) is 0. The largest absolute Gasteiger partial charge is 0.490 e. The highest BCUT2D eigenvalue weighted by Gasteiger charge is 2.05. The molecule has 0 spiro atoms. The number of benzene rings is 1. The monoisotopic (exact) mass is 291 g/mol. The fourth-order valence-electron chi connectivity index (χ4n) is 1.78. The Labute approximate surface area is 127 Å². The van der Waals surface area contributed by atoms with Crippen LogP contribution in [0.1, 0.15) is 25.8 Å². The van der Waals surface area contributed by atoms with Crippen molar-refractivity contribution in [2.75, 3.05) is 33.9 Å². The van der Waals surface area contributed by atoms with Gasteiger partial charge >= 0.3 is 0 Å². The first-order valence-electron chi connectivity index (χ1n) is 7.32. The van der Waals surface area contributed by atoms with Crippen LogP contribution in [0.15, 0.2) is 24.3 Å². The van der Waals surface area contributed by atoms with Crippen LogP contribution in [0.5, 0.6) is 11.5 Å². The van der Waals surface area contributed by atoms with Gasteiger partial charge in [-0.25, -0.2) is 0 Å². The normalized spacial score (nSPS) is 11.1. The highest BCUT2D eigenvalue weighted by Crippen LogP contribution is 2.28. The van der Waals surface area contributed by atoms with E-state index in [1.54, 1.807) is 6.08 Å². The summed E-state index contributed by atoms with van der Waals surface area (Å²) in [5.74, 6) is 1.56. The molecule has 0 unspecified atom stereocenters. The number of hydrogen-bond donors (Lipinski definition) is 0. The molecule has 0 amide bonds. The SMILES string of the molecule is CCOc1ccc(/C=C/C(=O)CCN(C)C)cc1OCC. The Kier molecular flexibility index (Phi) is 7.54. The van der Waals surface area contributed by atoms with E-state index in [2.05, 4.69) is 0 Å². The molecule has 0 aliphatic carbocycles. The van der Waals surface area contributed by atoms with Gasteiger partial charge in [-0.15, -0.1) is 0 Å². The van der Waals surface area contributed by atoms with Crippen LogP contribution in [0.2, 0.25) is 0 Å². The average Bonchev–Trinajstić information content (AvgIpc) is 2.45. The van der Waals surface area contributed by atoms with Gasteiger partial charge in [-0.3, -0.25) is 4.79 Å². The molecule has 1 aromatic rings. The van der Waals surface area contributed by atoms with Crippen LogP contribution in [-0.2, 0) is 4.79 Å². The lowest BCUT2D eigenvalue weighted by molar-refractivity contribution is -0.114. The number of nitrogens with zero attached hydrogens (tertiary/aromatic N) is 1. The van der Waals surface area contributed by atoms with Crippen LogP contribution >= 0.6 is 0 Å². The lowest BCUT2D eigenvalue weighted by atomic mass is 10.1. The van der Waals surface area contributed by atoms with E-state index in [1.165, 1.54) is 0 Å². The maximum Gasteiger partial charge on any atom is 0.161 e. The molecule has 21 heavy (non-hydrogen) atoms. The van der Waals surface area contributed by atoms with Gasteiger partial charge in [0.05, 0.1) is 13.2 Å². The Balaban J connectivity index is 2.74. The van der Waals surface area contributed by atoms with Gasteiger partial charge < -0.3 is 14.4 Å². The third kappa shape index (κ3) is 6.45. The van der Waals surface area contributed by atoms with Crippen LogP contribution < -0.4 is 9.47 Å². The van der Waals surface area contributed by atoms with Gasteiger partial charge in [0.25, 0.3) is 0 Å². The molecule has 1 aromatic carbocycles. The quantitative estimate of drug-likeness (QED) is 0.656. The van der Waals surface area contributed by atoms with Crippen molar-refractivity contribution in [1.82, 2.24) is 4.90 Å². The minimum atomic E-state index is 0.121. The van der Waals surface area contributed by atoms with Crippen molar-refractivity contribution in [3.8, 4) is 11.5 Å². The van der Waals surface area contributed by atoms with Crippen molar-refractivity contribution in [3.05, 3.63) is 29.8 Å². The highest BCUT2D eigenvalue weighted by atomic mass is 16.5. The average molecular weight is 291 g/mol. The summed E-state index contributed by atoms with van der Waals surface area (Å²) in [7, 11) is 3.91. The lowest BCUT2D eigenvalue weighted by Crippen LogP contribution is -2.15. The second-order valence-electron chi connectivity index (χ2n) is 4.93. The van der Waals surface area contributed by atoms with Crippen LogP contribution in [0.25, 0.3) is 6.08 Å². The van der Waals surface area contributed by atoms with Gasteiger partial charge in [0.2, 0.25) is 0 Å². The summed E-state index contributed by atoms with van der Waals surface area (Å²) in [5.41, 5.74) is 0.931. The second-order valence-corrected chi connectivity index (χ2v) is 4.93. The number of rotatable bonds is 9. The molecule has 0 bridgehead atoms. The van der Waals surface area contributed by atoms with E-state index < -0.39 is 0 Å². The minimum absolute atomic E-state index is 0.121. The van der Waals surface area contributed by atoms with Gasteiger partial charge in [-0.2, -0.15) is 0 Å². The molecule has 0 aliphatic heterocycles. The van der Waals surface area contributed by atoms with Crippen LogP contribution in [0.3, 0.4) is 0 Å². The number of ether oxygens (including phenoxy) is 2. The van der Waals surface area contributed by atoms with E-state index in [-0.39, 0.29) is 5.78 Å². The first-order valence-corrected chi connectivity index (χ1v) is 7.32. The zero-order valence-corrected chi connectivity index (χ0v) is 13.4. The van der Waals surface area contributed by atoms with Crippen molar-refractivity contribution in [1.29, 1.82) is 0 Å². The summed E-state index contributed by atoms with van der Waals surface area (Å²) < 4.78 is 11.1. The molecule has 0 N–H and O–H groups in total. The van der Waals surface area contributed by atoms with Gasteiger partial charge in [-0.1, -0.05) is 12.1 Å². The Hall–Kier alpha value is -1.81. The van der Waals surface area contributed by atoms with Gasteiger partial charge in [-0.05, 0) is 51.7 Å². The number of hydrogen-bond acceptors (Lipinski definition) is 4. The topological polar surface area (TPSA) is 38.8 Å². The molecule has 0 atom stereocenters. The van der Waals surface area contributed by atoms with Crippen LogP contribution in [0, 0.1) is 0 Å². The molecule has 0 saturated carbocycles. The molecule has 0 saturated heterocycles. The zero-order chi connectivity index (χ0) is 15.7. The fourth-order valence-corrected chi connectivity index (χ4v) is 1.78. The predicted octanol–water partition coefficient (Wildman–Crippen LogP) is 3.02. The summed E-state index contributed by atoms with van der Waals surface area (Å²) in [6, 6.07) is 5.69. The smallest absolute Gasteiger partial charge is 0.161 e. The number of ketones is 1. The standard InChI is InChI=1S/C17H25NO3/c1-5-20-16-10-8-14(13-17(16)21-6-2)7-9-15(19)11-12-18(3)4/h7-10,13H,5-6,11-12H2,1-4H3/b9-7+. The van der Waals surface area contributed by atoms with Gasteiger partial charge in [0.15, 0.2) is 17.3 Å². The predicted molar refractivity (Wildman–Crippen MR) is 86.0 cm³/mol. The third-order valence-corrected chi connectivity index (χ3v) is 2.83. The van der Waals surface area contributed by atoms with Gasteiger partial charge in [0.1, 0.15) is 0 Å². The molecule has 0 aromatic heterocycles. The first-order chi connectivity index (χ1) is 10.1. The van der Waals surface area contributed by atoms with Crippen LogP contribution in [0.4, 0.5) is 0 Å². The molecule has 0 radical (unpaired) electrons. The van der Waals surface area contributed by atoms with E-state index in [0.717, 1.165) is 17.9 Å². The van der Waals surface area contributed by atoms with E-state index in [9.17, 15) is 4.79 Å². The molecular formula is C17H25NO3. The van der Waals surface area contributed by atoms with Crippen molar-refractivity contribution in [2.24, 2.45) is 0 Å². The number of carbonyl (C=O) groups excluding carboxylic acids is 1. The molecule has 116 valence electrons. The lowest BCUT2D eigenvalue weighted by Gasteiger charge is -2.11. The van der Waals surface area contributed by atoms with Crippen molar-refractivity contribution >= 4 is 11.9 Å². The van der Waals surface area contributed by atoms with E-state index in [4.69, 9.17) is 9.47 Å². The van der Waals surface area contributed by atoms with Crippen molar-refractivity contribution in [2.45, 2.75) is 20.3 Å². The summed E-state index contributed by atoms with van der Waals surface area (Å²) >= 11 is 0. The molecule has 1 rings (SSSR count). The Morgan fingerprint density at radius 2 is 1.81 bits per heavy atom. The van der Waals surface area contributed by atoms with Crippen LogP contribution in [-0.4, -0.2) is 44.5 Å². The second kappa shape index (κ2) is 9.19. The summed E-state index contributed by atoms with van der Waals surface area (Å²) in [6.07, 6.45) is 3.96. The molecule has 0 fully saturated rings. The Morgan fingerprint density at radius 1 is 1.14 bits per heavy atom. The molecule has 4 heteroatoms. The van der Waals surface area contributed by atoms with E-state index in [0.29, 0.717) is 25.4 Å². The number of carbonyl (C=O) groups is 1. The fraction of sp³-hybridized carbons (Fsp3) is 0.471. The molecular weight excluding hydrogens is 266 g/mol. The maximum absolute atomic E-state index is 11.7. The Morgan fingerprint density at radius 3 is 2.43 bits per heavy atom. The maximum atomic E-state index is 11.7. The van der Waals surface area contributed by atoms with E-state index >= 15 is 0 Å². The Bertz CT molecular complexity index is 481. The van der Waals surface area contributed by atoms with Crippen molar-refractivity contribution < 1.29 is 14.3 Å². The molecule has 4 nitrogen and oxygen atoms in total. The minimum Gasteiger partial charge on any atom is -0.490 e. The third-order valence-electron chi connectivity index (χ3n) is 2.83. The first kappa shape index (κ1) is 17.2. The highest BCUT2D eigenvalue weighted by molar-refractivity contribution is 5.93. The number of allylic oxidation sites excluding steroid dienone is 1. The van der Waals surface area contributed by atoms with E-state index in [1.807, 2.05) is 57.1 Å². The zero-order valence-electron chi connectivity index (χ0n) is 13.4.